The Labute approximate surface area is 132 Å². The maximum absolute atomic E-state index is 10.1. The summed E-state index contributed by atoms with van der Waals surface area (Å²) in [5.41, 5.74) is 2.02. The van der Waals surface area contributed by atoms with Crippen LogP contribution in [0.15, 0.2) is 12.1 Å². The number of aliphatic hydroxyl groups excluding tert-OH is 1. The highest BCUT2D eigenvalue weighted by Crippen LogP contribution is 2.25. The number of likely N-dealkylation sites (N-methyl/N-ethyl adjacent to an activating group) is 1. The smallest absolute Gasteiger partial charge is 0.137 e. The fourth-order valence-corrected chi connectivity index (χ4v) is 2.92. The molecule has 1 fully saturated rings. The van der Waals surface area contributed by atoms with Crippen molar-refractivity contribution >= 4 is 11.6 Å². The topological polar surface area (TPSA) is 38.3 Å². The van der Waals surface area contributed by atoms with Gasteiger partial charge in [-0.3, -0.25) is 0 Å². The first-order valence-electron chi connectivity index (χ1n) is 7.68. The summed E-state index contributed by atoms with van der Waals surface area (Å²) in [6.45, 7) is 9.65. The molecule has 118 valence electrons. The second kappa shape index (κ2) is 7.45. The van der Waals surface area contributed by atoms with Gasteiger partial charge in [0.15, 0.2) is 0 Å². The molecule has 0 saturated carbocycles. The maximum atomic E-state index is 10.1. The standard InChI is InChI=1S/C16H25ClN2O2/c1-12-8-15(9-13(2)16(12)17)21-11-14(20)10-19-6-4-18(3)5-7-19/h8-9,14,20H,4-7,10-11H2,1-3H3/p+2/t14-/m1/s1. The third-order valence-electron chi connectivity index (χ3n) is 4.19. The van der Waals surface area contributed by atoms with Crippen LogP contribution in [0.3, 0.4) is 0 Å². The number of piperazine rings is 1. The van der Waals surface area contributed by atoms with Gasteiger partial charge in [-0.1, -0.05) is 11.6 Å². The zero-order valence-electron chi connectivity index (χ0n) is 13.2. The molecule has 0 amide bonds. The van der Waals surface area contributed by atoms with Crippen LogP contribution in [0.4, 0.5) is 0 Å². The molecule has 2 rings (SSSR count). The molecule has 0 bridgehead atoms. The van der Waals surface area contributed by atoms with E-state index in [2.05, 4.69) is 7.05 Å². The molecular weight excluding hydrogens is 288 g/mol. The van der Waals surface area contributed by atoms with E-state index in [0.717, 1.165) is 41.5 Å². The summed E-state index contributed by atoms with van der Waals surface area (Å²) in [7, 11) is 2.22. The largest absolute Gasteiger partial charge is 0.491 e. The van der Waals surface area contributed by atoms with Crippen molar-refractivity contribution in [3.63, 3.8) is 0 Å². The number of quaternary nitrogens is 2. The Morgan fingerprint density at radius 1 is 1.19 bits per heavy atom. The van der Waals surface area contributed by atoms with Crippen molar-refractivity contribution in [2.24, 2.45) is 0 Å². The molecule has 1 aliphatic rings. The van der Waals surface area contributed by atoms with Gasteiger partial charge in [-0.15, -0.1) is 0 Å². The molecule has 0 unspecified atom stereocenters. The first kappa shape index (κ1) is 16.6. The van der Waals surface area contributed by atoms with Crippen LogP contribution in [0.25, 0.3) is 0 Å². The number of hydrogen-bond acceptors (Lipinski definition) is 2. The maximum Gasteiger partial charge on any atom is 0.137 e. The van der Waals surface area contributed by atoms with Gasteiger partial charge in [-0.25, -0.2) is 0 Å². The summed E-state index contributed by atoms with van der Waals surface area (Å²) in [4.78, 5) is 3.05. The summed E-state index contributed by atoms with van der Waals surface area (Å²) >= 11 is 6.14. The van der Waals surface area contributed by atoms with Crippen molar-refractivity contribution in [1.82, 2.24) is 0 Å². The van der Waals surface area contributed by atoms with Gasteiger partial charge in [0.05, 0.1) is 7.05 Å². The molecule has 0 radical (unpaired) electrons. The van der Waals surface area contributed by atoms with Crippen molar-refractivity contribution in [2.45, 2.75) is 20.0 Å². The van der Waals surface area contributed by atoms with E-state index < -0.39 is 6.10 Å². The zero-order valence-corrected chi connectivity index (χ0v) is 14.0. The molecule has 0 aromatic heterocycles. The molecule has 0 aliphatic carbocycles. The first-order valence-corrected chi connectivity index (χ1v) is 8.06. The predicted octanol–water partition coefficient (Wildman–Crippen LogP) is -0.890. The number of aryl methyl sites for hydroxylation is 2. The number of benzene rings is 1. The molecule has 4 nitrogen and oxygen atoms in total. The van der Waals surface area contributed by atoms with E-state index in [9.17, 15) is 5.11 Å². The Balaban J connectivity index is 1.80. The zero-order chi connectivity index (χ0) is 15.4. The van der Waals surface area contributed by atoms with E-state index in [1.165, 1.54) is 18.0 Å². The minimum absolute atomic E-state index is 0.340. The van der Waals surface area contributed by atoms with Gasteiger partial charge in [0.2, 0.25) is 0 Å². The Morgan fingerprint density at radius 3 is 2.33 bits per heavy atom. The predicted molar refractivity (Wildman–Crippen MR) is 84.6 cm³/mol. The van der Waals surface area contributed by atoms with Crippen LogP contribution in [0, 0.1) is 13.8 Å². The second-order valence-electron chi connectivity index (χ2n) is 6.25. The van der Waals surface area contributed by atoms with Crippen LogP contribution in [0.5, 0.6) is 5.75 Å². The quantitative estimate of drug-likeness (QED) is 0.660. The lowest BCUT2D eigenvalue weighted by molar-refractivity contribution is -1.00. The molecular formula is C16H27ClN2O2+2. The second-order valence-corrected chi connectivity index (χ2v) is 6.63. The summed E-state index contributed by atoms with van der Waals surface area (Å²) < 4.78 is 5.72. The Bertz CT molecular complexity index is 450. The van der Waals surface area contributed by atoms with Crippen molar-refractivity contribution in [3.05, 3.63) is 28.3 Å². The van der Waals surface area contributed by atoms with Gasteiger partial charge >= 0.3 is 0 Å². The minimum atomic E-state index is -0.422. The molecule has 1 atom stereocenters. The van der Waals surface area contributed by atoms with E-state index in [-0.39, 0.29) is 0 Å². The molecule has 0 spiro atoms. The lowest BCUT2D eigenvalue weighted by Crippen LogP contribution is -3.27. The number of aliphatic hydroxyl groups is 1. The molecule has 3 N–H and O–H groups in total. The fourth-order valence-electron chi connectivity index (χ4n) is 2.81. The monoisotopic (exact) mass is 314 g/mol. The Hall–Kier alpha value is -0.810. The van der Waals surface area contributed by atoms with Crippen molar-refractivity contribution < 1.29 is 19.6 Å². The SMILES string of the molecule is Cc1cc(OC[C@H](O)C[NH+]2CC[NH+](C)CC2)cc(C)c1Cl. The minimum Gasteiger partial charge on any atom is -0.491 e. The van der Waals surface area contributed by atoms with Crippen LogP contribution in [0.1, 0.15) is 11.1 Å². The number of halogens is 1. The lowest BCUT2D eigenvalue weighted by atomic mass is 10.1. The number of nitrogens with one attached hydrogen (secondary N) is 2. The number of rotatable bonds is 5. The first-order chi connectivity index (χ1) is 9.95. The third-order valence-corrected chi connectivity index (χ3v) is 4.78. The highest BCUT2D eigenvalue weighted by Gasteiger charge is 2.22. The van der Waals surface area contributed by atoms with Crippen molar-refractivity contribution in [2.75, 3.05) is 46.4 Å². The van der Waals surface area contributed by atoms with Crippen LogP contribution >= 0.6 is 11.6 Å². The summed E-state index contributed by atoms with van der Waals surface area (Å²) in [6, 6.07) is 3.85. The van der Waals surface area contributed by atoms with Crippen LogP contribution < -0.4 is 14.5 Å². The molecule has 5 heteroatoms. The van der Waals surface area contributed by atoms with Gasteiger partial charge in [0.25, 0.3) is 0 Å². The van der Waals surface area contributed by atoms with Crippen LogP contribution in [-0.2, 0) is 0 Å². The van der Waals surface area contributed by atoms with E-state index in [1.54, 1.807) is 4.90 Å². The summed E-state index contributed by atoms with van der Waals surface area (Å²) in [5.74, 6) is 0.784. The van der Waals surface area contributed by atoms with Crippen LogP contribution in [0.2, 0.25) is 5.02 Å². The number of ether oxygens (including phenoxy) is 1. The normalized spacial score (nSPS) is 23.9. The molecule has 1 aliphatic heterocycles. The molecule has 21 heavy (non-hydrogen) atoms. The molecule has 1 heterocycles. The third kappa shape index (κ3) is 4.85. The van der Waals surface area contributed by atoms with E-state index >= 15 is 0 Å². The lowest BCUT2D eigenvalue weighted by Gasteiger charge is -2.28. The highest BCUT2D eigenvalue weighted by atomic mass is 35.5. The number of hydrogen-bond donors (Lipinski definition) is 3. The van der Waals surface area contributed by atoms with Gasteiger partial charge in [0.1, 0.15) is 51.2 Å². The van der Waals surface area contributed by atoms with Gasteiger partial charge in [-0.05, 0) is 37.1 Å². The van der Waals surface area contributed by atoms with Crippen molar-refractivity contribution in [3.8, 4) is 5.75 Å². The van der Waals surface area contributed by atoms with E-state index in [0.29, 0.717) is 6.61 Å². The summed E-state index contributed by atoms with van der Waals surface area (Å²) in [5, 5.41) is 10.9. The van der Waals surface area contributed by atoms with Gasteiger partial charge < -0.3 is 19.6 Å². The highest BCUT2D eigenvalue weighted by molar-refractivity contribution is 6.32. The molecule has 1 aromatic carbocycles. The van der Waals surface area contributed by atoms with E-state index in [4.69, 9.17) is 16.3 Å². The fraction of sp³-hybridized carbons (Fsp3) is 0.625. The average Bonchev–Trinajstić information content (AvgIpc) is 2.45. The van der Waals surface area contributed by atoms with Crippen molar-refractivity contribution in [1.29, 1.82) is 0 Å². The van der Waals surface area contributed by atoms with Gasteiger partial charge in [0, 0.05) is 5.02 Å². The van der Waals surface area contributed by atoms with E-state index in [1.807, 2.05) is 26.0 Å². The average molecular weight is 315 g/mol. The Morgan fingerprint density at radius 2 is 1.76 bits per heavy atom. The molecule has 1 saturated heterocycles. The summed E-state index contributed by atoms with van der Waals surface area (Å²) in [6.07, 6.45) is -0.422. The Kier molecular flexibility index (Phi) is 5.88. The van der Waals surface area contributed by atoms with Gasteiger partial charge in [-0.2, -0.15) is 0 Å². The van der Waals surface area contributed by atoms with Crippen LogP contribution in [-0.4, -0.2) is 57.6 Å². The molecule has 1 aromatic rings.